The Kier molecular flexibility index (Phi) is 12.4. The molecule has 0 unspecified atom stereocenters. The van der Waals surface area contributed by atoms with E-state index in [1.54, 1.807) is 7.11 Å². The molecule has 0 aromatic heterocycles. The van der Waals surface area contributed by atoms with E-state index in [9.17, 15) is 0 Å². The van der Waals surface area contributed by atoms with Gasteiger partial charge in [-0.05, 0) is 31.6 Å². The Morgan fingerprint density at radius 3 is 2.43 bits per heavy atom. The highest BCUT2D eigenvalue weighted by atomic mass is 16.5. The van der Waals surface area contributed by atoms with Crippen LogP contribution in [-0.2, 0) is 9.47 Å². The minimum absolute atomic E-state index is 0.400. The zero-order chi connectivity index (χ0) is 16.0. The van der Waals surface area contributed by atoms with Crippen LogP contribution in [-0.4, -0.2) is 52.5 Å². The molecule has 21 heavy (non-hydrogen) atoms. The van der Waals surface area contributed by atoms with Gasteiger partial charge in [-0.1, -0.05) is 20.8 Å². The first-order valence-electron chi connectivity index (χ1n) is 8.08. The number of methoxy groups -OCH3 is 1. The lowest BCUT2D eigenvalue weighted by molar-refractivity contribution is 0.0702. The molecule has 0 saturated carbocycles. The monoisotopic (exact) mass is 301 g/mol. The lowest BCUT2D eigenvalue weighted by atomic mass is 9.91. The molecule has 0 aliphatic rings. The van der Waals surface area contributed by atoms with Gasteiger partial charge in [0, 0.05) is 33.4 Å². The molecule has 0 rings (SSSR count). The summed E-state index contributed by atoms with van der Waals surface area (Å²) in [6, 6.07) is 0. The predicted octanol–water partition coefficient (Wildman–Crippen LogP) is 2.42. The van der Waals surface area contributed by atoms with Crippen molar-refractivity contribution in [2.24, 2.45) is 10.4 Å². The highest BCUT2D eigenvalue weighted by Gasteiger charge is 2.09. The van der Waals surface area contributed by atoms with E-state index in [1.165, 1.54) is 6.42 Å². The third kappa shape index (κ3) is 15.4. The van der Waals surface area contributed by atoms with Crippen LogP contribution in [0.15, 0.2) is 4.99 Å². The number of ether oxygens (including phenoxy) is 2. The second-order valence-electron chi connectivity index (χ2n) is 6.31. The maximum absolute atomic E-state index is 5.42. The molecule has 5 heteroatoms. The number of nitrogens with one attached hydrogen (secondary N) is 2. The van der Waals surface area contributed by atoms with E-state index in [0.29, 0.717) is 18.6 Å². The van der Waals surface area contributed by atoms with Crippen molar-refractivity contribution in [2.45, 2.75) is 47.0 Å². The molecule has 0 aromatic rings. The molecule has 126 valence electrons. The fraction of sp³-hybridized carbons (Fsp3) is 0.938. The summed E-state index contributed by atoms with van der Waals surface area (Å²) in [6.07, 6.45) is 3.31. The fourth-order valence-electron chi connectivity index (χ4n) is 1.77. The normalized spacial score (nSPS) is 12.5. The average Bonchev–Trinajstić information content (AvgIpc) is 2.41. The smallest absolute Gasteiger partial charge is 0.191 e. The Hall–Kier alpha value is -0.810. The third-order valence-corrected chi connectivity index (χ3v) is 2.89. The number of guanidine groups is 1. The predicted molar refractivity (Wildman–Crippen MR) is 90.0 cm³/mol. The van der Waals surface area contributed by atoms with Gasteiger partial charge in [0.1, 0.15) is 0 Å². The Labute approximate surface area is 130 Å². The zero-order valence-corrected chi connectivity index (χ0v) is 14.6. The van der Waals surface area contributed by atoms with E-state index in [4.69, 9.17) is 9.47 Å². The molecular weight excluding hydrogens is 266 g/mol. The number of rotatable bonds is 11. The van der Waals surface area contributed by atoms with E-state index in [0.717, 1.165) is 45.0 Å². The van der Waals surface area contributed by atoms with Gasteiger partial charge < -0.3 is 20.1 Å². The van der Waals surface area contributed by atoms with Crippen molar-refractivity contribution < 1.29 is 9.47 Å². The molecule has 0 fully saturated rings. The molecular formula is C16H35N3O2. The van der Waals surface area contributed by atoms with Crippen molar-refractivity contribution in [1.82, 2.24) is 10.6 Å². The summed E-state index contributed by atoms with van der Waals surface area (Å²) >= 11 is 0. The summed E-state index contributed by atoms with van der Waals surface area (Å²) in [7, 11) is 1.68. The first-order chi connectivity index (χ1) is 9.99. The van der Waals surface area contributed by atoms with E-state index < -0.39 is 0 Å². The lowest BCUT2D eigenvalue weighted by Gasteiger charge is -2.18. The molecule has 0 heterocycles. The molecule has 0 aliphatic carbocycles. The van der Waals surface area contributed by atoms with Gasteiger partial charge in [0.25, 0.3) is 0 Å². The van der Waals surface area contributed by atoms with Crippen LogP contribution in [0.25, 0.3) is 0 Å². The van der Waals surface area contributed by atoms with Crippen LogP contribution in [0.2, 0.25) is 0 Å². The second kappa shape index (κ2) is 12.9. The van der Waals surface area contributed by atoms with E-state index in [1.807, 2.05) is 0 Å². The van der Waals surface area contributed by atoms with Gasteiger partial charge in [0.2, 0.25) is 0 Å². The Morgan fingerprint density at radius 2 is 1.81 bits per heavy atom. The lowest BCUT2D eigenvalue weighted by Crippen LogP contribution is -2.38. The number of hydrogen-bond donors (Lipinski definition) is 2. The topological polar surface area (TPSA) is 54.9 Å². The summed E-state index contributed by atoms with van der Waals surface area (Å²) in [6.45, 7) is 13.6. The van der Waals surface area contributed by atoms with Crippen LogP contribution in [0.4, 0.5) is 0 Å². The van der Waals surface area contributed by atoms with Crippen molar-refractivity contribution in [3.05, 3.63) is 0 Å². The summed E-state index contributed by atoms with van der Waals surface area (Å²) in [5.41, 5.74) is 0.400. The van der Waals surface area contributed by atoms with Crippen molar-refractivity contribution in [2.75, 3.05) is 46.6 Å². The molecule has 0 radical (unpaired) electrons. The molecule has 0 bridgehead atoms. The molecule has 2 N–H and O–H groups in total. The summed E-state index contributed by atoms with van der Waals surface area (Å²) in [5.74, 6) is 0.906. The van der Waals surface area contributed by atoms with Gasteiger partial charge in [-0.3, -0.25) is 4.99 Å². The SMILES string of the molecule is CCNC(=NCCCOCCOC)NCCCC(C)(C)C. The standard InChI is InChI=1S/C16H35N3O2/c1-6-17-15(18-10-7-9-16(2,3)4)19-11-8-12-21-14-13-20-5/h6-14H2,1-5H3,(H2,17,18,19). The first kappa shape index (κ1) is 20.2. The van der Waals surface area contributed by atoms with Crippen LogP contribution >= 0.6 is 0 Å². The van der Waals surface area contributed by atoms with Crippen molar-refractivity contribution in [3.63, 3.8) is 0 Å². The van der Waals surface area contributed by atoms with Crippen LogP contribution in [0, 0.1) is 5.41 Å². The third-order valence-electron chi connectivity index (χ3n) is 2.89. The Morgan fingerprint density at radius 1 is 1.05 bits per heavy atom. The van der Waals surface area contributed by atoms with Crippen molar-refractivity contribution in [1.29, 1.82) is 0 Å². The average molecular weight is 301 g/mol. The molecule has 0 saturated heterocycles. The molecule has 0 amide bonds. The first-order valence-corrected chi connectivity index (χ1v) is 8.08. The number of aliphatic imine (C=N–C) groups is 1. The number of nitrogens with zero attached hydrogens (tertiary/aromatic N) is 1. The molecule has 0 aromatic carbocycles. The molecule has 0 atom stereocenters. The van der Waals surface area contributed by atoms with Gasteiger partial charge in [0.15, 0.2) is 5.96 Å². The number of hydrogen-bond acceptors (Lipinski definition) is 3. The maximum Gasteiger partial charge on any atom is 0.191 e. The van der Waals surface area contributed by atoms with Gasteiger partial charge >= 0.3 is 0 Å². The minimum Gasteiger partial charge on any atom is -0.382 e. The van der Waals surface area contributed by atoms with Crippen molar-refractivity contribution in [3.8, 4) is 0 Å². The van der Waals surface area contributed by atoms with E-state index in [-0.39, 0.29) is 0 Å². The zero-order valence-electron chi connectivity index (χ0n) is 14.6. The van der Waals surface area contributed by atoms with Crippen LogP contribution < -0.4 is 10.6 Å². The fourth-order valence-corrected chi connectivity index (χ4v) is 1.77. The summed E-state index contributed by atoms with van der Waals surface area (Å²) in [4.78, 5) is 4.55. The van der Waals surface area contributed by atoms with Crippen molar-refractivity contribution >= 4 is 5.96 Å². The quantitative estimate of drug-likeness (QED) is 0.350. The minimum atomic E-state index is 0.400. The Bertz CT molecular complexity index is 263. The van der Waals surface area contributed by atoms with E-state index >= 15 is 0 Å². The Balaban J connectivity index is 3.75. The molecule has 0 spiro atoms. The van der Waals surface area contributed by atoms with Crippen LogP contribution in [0.3, 0.4) is 0 Å². The van der Waals surface area contributed by atoms with Gasteiger partial charge in [-0.2, -0.15) is 0 Å². The van der Waals surface area contributed by atoms with E-state index in [2.05, 4.69) is 43.3 Å². The maximum atomic E-state index is 5.42. The summed E-state index contributed by atoms with van der Waals surface area (Å²) < 4.78 is 10.3. The van der Waals surface area contributed by atoms with Gasteiger partial charge in [0.05, 0.1) is 13.2 Å². The molecule has 0 aliphatic heterocycles. The van der Waals surface area contributed by atoms with Gasteiger partial charge in [-0.15, -0.1) is 0 Å². The highest BCUT2D eigenvalue weighted by molar-refractivity contribution is 5.79. The van der Waals surface area contributed by atoms with Gasteiger partial charge in [-0.25, -0.2) is 0 Å². The molecule has 5 nitrogen and oxygen atoms in total. The van der Waals surface area contributed by atoms with Crippen LogP contribution in [0.5, 0.6) is 0 Å². The second-order valence-corrected chi connectivity index (χ2v) is 6.31. The summed E-state index contributed by atoms with van der Waals surface area (Å²) in [5, 5.41) is 6.65. The van der Waals surface area contributed by atoms with Crippen LogP contribution in [0.1, 0.15) is 47.0 Å². The highest BCUT2D eigenvalue weighted by Crippen LogP contribution is 2.19. The largest absolute Gasteiger partial charge is 0.382 e.